The highest BCUT2D eigenvalue weighted by molar-refractivity contribution is 5.91. The summed E-state index contributed by atoms with van der Waals surface area (Å²) in [5.41, 5.74) is -0.731. The Morgan fingerprint density at radius 2 is 2.06 bits per heavy atom. The van der Waals surface area contributed by atoms with Crippen LogP contribution in [0, 0.1) is 23.1 Å². The summed E-state index contributed by atoms with van der Waals surface area (Å²) >= 11 is 0. The molecule has 2 aliphatic rings. The van der Waals surface area contributed by atoms with Crippen LogP contribution in [0.25, 0.3) is 11.0 Å². The zero-order valence-corrected chi connectivity index (χ0v) is 19.6. The van der Waals surface area contributed by atoms with Crippen LogP contribution < -0.4 is 16.4 Å². The second-order valence-corrected chi connectivity index (χ2v) is 9.73. The van der Waals surface area contributed by atoms with E-state index in [-0.39, 0.29) is 17.3 Å². The Bertz CT molecular complexity index is 1110. The smallest absolute Gasteiger partial charge is 0.408 e. The number of carbonyl (C=O) groups excluding carboxylic acids is 1. The molecular weight excluding hydrogens is 437 g/mol. The molecule has 1 saturated carbocycles. The summed E-state index contributed by atoms with van der Waals surface area (Å²) < 4.78 is 19.0. The van der Waals surface area contributed by atoms with Crippen LogP contribution in [-0.4, -0.2) is 47.5 Å². The van der Waals surface area contributed by atoms with Crippen LogP contribution in [0.15, 0.2) is 27.4 Å². The molecule has 1 aliphatic carbocycles. The molecule has 34 heavy (non-hydrogen) atoms. The highest BCUT2D eigenvalue weighted by atomic mass is 19.1. The second kappa shape index (κ2) is 10.5. The molecule has 0 spiro atoms. The molecule has 1 aromatic carbocycles. The van der Waals surface area contributed by atoms with Crippen molar-refractivity contribution in [1.82, 2.24) is 15.2 Å². The number of carbonyl (C=O) groups is 1. The van der Waals surface area contributed by atoms with Gasteiger partial charge in [-0.1, -0.05) is 32.1 Å². The van der Waals surface area contributed by atoms with Crippen molar-refractivity contribution in [3.05, 3.63) is 34.6 Å². The minimum Gasteiger partial charge on any atom is -0.408 e. The number of piperidine rings is 1. The van der Waals surface area contributed by atoms with Gasteiger partial charge in [0, 0.05) is 13.1 Å². The molecule has 1 unspecified atom stereocenters. The maximum absolute atomic E-state index is 13.9. The third kappa shape index (κ3) is 5.73. The summed E-state index contributed by atoms with van der Waals surface area (Å²) in [7, 11) is 1.99. The van der Waals surface area contributed by atoms with E-state index in [4.69, 9.17) is 4.42 Å². The van der Waals surface area contributed by atoms with Crippen LogP contribution in [0.3, 0.4) is 0 Å². The number of aromatic nitrogens is 1. The van der Waals surface area contributed by atoms with E-state index in [2.05, 4.69) is 26.6 Å². The quantitative estimate of drug-likeness (QED) is 0.638. The summed E-state index contributed by atoms with van der Waals surface area (Å²) in [5, 5.41) is 16.3. The molecule has 4 rings (SSSR count). The average Bonchev–Trinajstić information content (AvgIpc) is 2.84. The summed E-state index contributed by atoms with van der Waals surface area (Å²) in [5.74, 6) is -0.964. The van der Waals surface area contributed by atoms with Crippen molar-refractivity contribution >= 4 is 22.7 Å². The molecule has 1 aromatic heterocycles. The van der Waals surface area contributed by atoms with Crippen molar-refractivity contribution in [2.24, 2.45) is 5.92 Å². The van der Waals surface area contributed by atoms with Gasteiger partial charge in [-0.3, -0.25) is 4.79 Å². The minimum atomic E-state index is -0.925. The molecule has 2 fully saturated rings. The number of hydrogen-bond acceptors (Lipinski definition) is 7. The number of likely N-dealkylation sites (tertiary alicyclic amines) is 1. The first kappa shape index (κ1) is 24.1. The van der Waals surface area contributed by atoms with Gasteiger partial charge in [-0.2, -0.15) is 10.2 Å². The normalized spacial score (nSPS) is 19.9. The van der Waals surface area contributed by atoms with E-state index in [0.717, 1.165) is 32.4 Å². The highest BCUT2D eigenvalue weighted by Gasteiger charge is 2.37. The number of halogens is 1. The summed E-state index contributed by atoms with van der Waals surface area (Å²) in [6.45, 7) is 1.44. The Morgan fingerprint density at radius 1 is 1.32 bits per heavy atom. The number of nitrogens with one attached hydrogen (secondary N) is 2. The Hall–Kier alpha value is -2.99. The molecule has 2 heterocycles. The Balaban J connectivity index is 1.58. The first-order valence-corrected chi connectivity index (χ1v) is 12.2. The molecule has 1 saturated heterocycles. The van der Waals surface area contributed by atoms with E-state index < -0.39 is 23.2 Å². The zero-order chi connectivity index (χ0) is 24.1. The number of benzene rings is 1. The van der Waals surface area contributed by atoms with Crippen LogP contribution in [0.5, 0.6) is 0 Å². The summed E-state index contributed by atoms with van der Waals surface area (Å²) in [6, 6.07) is 5.42. The van der Waals surface area contributed by atoms with Crippen molar-refractivity contribution in [2.45, 2.75) is 69.4 Å². The molecule has 182 valence electrons. The van der Waals surface area contributed by atoms with Crippen LogP contribution in [0.4, 0.5) is 10.2 Å². The van der Waals surface area contributed by atoms with Gasteiger partial charge in [-0.05, 0) is 56.8 Å². The maximum atomic E-state index is 13.9. The fraction of sp³-hybridized carbons (Fsp3) is 0.600. The maximum Gasteiger partial charge on any atom is 0.441 e. The first-order chi connectivity index (χ1) is 16.4. The van der Waals surface area contributed by atoms with Crippen LogP contribution in [0.1, 0.15) is 57.8 Å². The fourth-order valence-electron chi connectivity index (χ4n) is 5.05. The lowest BCUT2D eigenvalue weighted by molar-refractivity contribution is -0.123. The summed E-state index contributed by atoms with van der Waals surface area (Å²) in [6.07, 6.45) is 8.40. The Labute approximate surface area is 198 Å². The van der Waals surface area contributed by atoms with Crippen LogP contribution in [0.2, 0.25) is 0 Å². The molecule has 8 nitrogen and oxygen atoms in total. The predicted molar refractivity (Wildman–Crippen MR) is 127 cm³/mol. The number of rotatable bonds is 7. The van der Waals surface area contributed by atoms with E-state index in [0.29, 0.717) is 30.6 Å². The van der Waals surface area contributed by atoms with E-state index in [1.54, 1.807) is 0 Å². The van der Waals surface area contributed by atoms with Crippen molar-refractivity contribution in [2.75, 3.05) is 25.5 Å². The fourth-order valence-corrected chi connectivity index (χ4v) is 5.05. The monoisotopic (exact) mass is 469 g/mol. The first-order valence-electron chi connectivity index (χ1n) is 12.2. The Kier molecular flexibility index (Phi) is 7.47. The summed E-state index contributed by atoms with van der Waals surface area (Å²) in [4.78, 5) is 31.5. The van der Waals surface area contributed by atoms with Crippen LogP contribution >= 0.6 is 0 Å². The SMILES string of the molecule is CN1CCC(C#N)(NC(=O)C(CCC2CCCCC2)Nc2nc(=O)oc3ccc(F)cc23)CC1. The third-order valence-electron chi connectivity index (χ3n) is 7.23. The number of nitriles is 1. The van der Waals surface area contributed by atoms with Crippen LogP contribution in [-0.2, 0) is 4.79 Å². The highest BCUT2D eigenvalue weighted by Crippen LogP contribution is 2.29. The number of hydrogen-bond donors (Lipinski definition) is 2. The van der Waals surface area contributed by atoms with E-state index in [1.807, 2.05) is 7.05 Å². The van der Waals surface area contributed by atoms with Gasteiger partial charge >= 0.3 is 5.76 Å². The van der Waals surface area contributed by atoms with Crippen molar-refractivity contribution in [3.8, 4) is 6.07 Å². The topological polar surface area (TPSA) is 111 Å². The molecule has 9 heteroatoms. The molecule has 0 bridgehead atoms. The van der Waals surface area contributed by atoms with Gasteiger partial charge in [-0.25, -0.2) is 9.18 Å². The van der Waals surface area contributed by atoms with Gasteiger partial charge in [0.2, 0.25) is 5.91 Å². The van der Waals surface area contributed by atoms with Crippen molar-refractivity contribution in [1.29, 1.82) is 5.26 Å². The lowest BCUT2D eigenvalue weighted by Gasteiger charge is -2.37. The molecule has 1 amide bonds. The third-order valence-corrected chi connectivity index (χ3v) is 7.23. The number of fused-ring (bicyclic) bond motifs is 1. The van der Waals surface area contributed by atoms with Crippen molar-refractivity contribution < 1.29 is 13.6 Å². The van der Waals surface area contributed by atoms with Gasteiger partial charge in [-0.15, -0.1) is 0 Å². The average molecular weight is 470 g/mol. The molecule has 2 aromatic rings. The van der Waals surface area contributed by atoms with E-state index in [1.165, 1.54) is 37.5 Å². The molecule has 1 atom stereocenters. The lowest BCUT2D eigenvalue weighted by atomic mass is 9.84. The standard InChI is InChI=1S/C25H32FN5O3/c1-31-13-11-25(16-27,12-14-31)30-23(32)20(9-7-17-5-3-2-4-6-17)28-22-19-15-18(26)8-10-21(19)34-24(33)29-22/h8,10,15,17,20H,2-7,9,11-14H2,1H3,(H,30,32)(H,28,29,33). The molecule has 1 aliphatic heterocycles. The number of nitrogens with zero attached hydrogens (tertiary/aromatic N) is 3. The minimum absolute atomic E-state index is 0.115. The predicted octanol–water partition coefficient (Wildman–Crippen LogP) is 3.57. The van der Waals surface area contributed by atoms with E-state index >= 15 is 0 Å². The zero-order valence-electron chi connectivity index (χ0n) is 19.6. The van der Waals surface area contributed by atoms with Gasteiger partial charge < -0.3 is 20.0 Å². The largest absolute Gasteiger partial charge is 0.441 e. The Morgan fingerprint density at radius 3 is 2.76 bits per heavy atom. The molecule has 2 N–H and O–H groups in total. The van der Waals surface area contributed by atoms with Gasteiger partial charge in [0.05, 0.1) is 11.5 Å². The number of anilines is 1. The lowest BCUT2D eigenvalue weighted by Crippen LogP contribution is -2.57. The van der Waals surface area contributed by atoms with Gasteiger partial charge in [0.25, 0.3) is 0 Å². The van der Waals surface area contributed by atoms with Crippen molar-refractivity contribution in [3.63, 3.8) is 0 Å². The van der Waals surface area contributed by atoms with E-state index in [9.17, 15) is 19.2 Å². The number of amides is 1. The second-order valence-electron chi connectivity index (χ2n) is 9.73. The molecule has 0 radical (unpaired) electrons. The van der Waals surface area contributed by atoms with Gasteiger partial charge in [0.15, 0.2) is 0 Å². The van der Waals surface area contributed by atoms with Gasteiger partial charge in [0.1, 0.15) is 28.8 Å². The molecular formula is C25H32FN5O3.